The number of anilines is 1. The van der Waals surface area contributed by atoms with E-state index in [4.69, 9.17) is 17.2 Å². The molecule has 0 saturated carbocycles. The predicted octanol–water partition coefficient (Wildman–Crippen LogP) is 3.84. The fraction of sp³-hybridized carbons (Fsp3) is 0. The minimum Gasteiger partial charge on any atom is -0.279 e. The molecule has 0 unspecified atom stereocenters. The van der Waals surface area contributed by atoms with Gasteiger partial charge in [-0.25, -0.2) is 15.3 Å². The summed E-state index contributed by atoms with van der Waals surface area (Å²) in [6.45, 7) is 0. The molecule has 5 nitrogen and oxygen atoms in total. The van der Waals surface area contributed by atoms with Crippen LogP contribution in [0.3, 0.4) is 0 Å². The van der Waals surface area contributed by atoms with Crippen molar-refractivity contribution in [2.24, 2.45) is 0 Å². The van der Waals surface area contributed by atoms with E-state index >= 15 is 0 Å². The van der Waals surface area contributed by atoms with Crippen molar-refractivity contribution in [2.45, 2.75) is 0 Å². The number of para-hydroxylation sites is 1. The number of rotatable bonds is 3. The number of amides is 1. The maximum atomic E-state index is 13.0. The molecule has 2 aromatic carbocycles. The Kier molecular flexibility index (Phi) is 5.03. The zero-order valence-corrected chi connectivity index (χ0v) is 15.7. The molecule has 4 aromatic rings. The van der Waals surface area contributed by atoms with Crippen LogP contribution in [-0.2, 0) is 0 Å². The van der Waals surface area contributed by atoms with Crippen molar-refractivity contribution in [3.63, 3.8) is 0 Å². The third-order valence-corrected chi connectivity index (χ3v) is 4.42. The molecule has 0 atom stereocenters. The van der Waals surface area contributed by atoms with Crippen molar-refractivity contribution in [3.8, 4) is 11.3 Å². The molecule has 0 aliphatic rings. The number of fused-ring (bicyclic) bond motifs is 1. The van der Waals surface area contributed by atoms with Gasteiger partial charge in [0.15, 0.2) is 0 Å². The Morgan fingerprint density at radius 1 is 0.929 bits per heavy atom. The highest BCUT2D eigenvalue weighted by Crippen LogP contribution is 2.24. The van der Waals surface area contributed by atoms with Crippen LogP contribution in [0.15, 0.2) is 85.1 Å². The van der Waals surface area contributed by atoms with Crippen molar-refractivity contribution < 1.29 is 9.78 Å². The molecule has 0 saturated heterocycles. The zero-order valence-electron chi connectivity index (χ0n) is 14.8. The predicted molar refractivity (Wildman–Crippen MR) is 114 cm³/mol. The van der Waals surface area contributed by atoms with E-state index < -0.39 is 0 Å². The number of nitrogens with one attached hydrogen (secondary N) is 3. The fourth-order valence-electron chi connectivity index (χ4n) is 2.92. The fourth-order valence-corrected chi connectivity index (χ4v) is 3.12. The number of pyridine rings is 2. The van der Waals surface area contributed by atoms with Crippen molar-refractivity contribution >= 4 is 40.0 Å². The van der Waals surface area contributed by atoms with Gasteiger partial charge in [-0.05, 0) is 30.4 Å². The van der Waals surface area contributed by atoms with E-state index in [1.54, 1.807) is 12.3 Å². The van der Waals surface area contributed by atoms with Gasteiger partial charge in [0.05, 0.1) is 23.0 Å². The number of aromatic nitrogens is 2. The first-order valence-corrected chi connectivity index (χ1v) is 9.16. The third kappa shape index (κ3) is 3.87. The Hall–Kier alpha value is -3.64. The van der Waals surface area contributed by atoms with E-state index in [9.17, 15) is 4.79 Å². The normalized spacial score (nSPS) is 10.4. The summed E-state index contributed by atoms with van der Waals surface area (Å²) in [5.41, 5.74) is 2.96. The SMILES string of the molecule is O=C(NC(=S)Nc1cccc[nH+]1)c1cc(-c2ccccc2)nc2ccccc12. The lowest BCUT2D eigenvalue weighted by Gasteiger charge is -2.10. The highest BCUT2D eigenvalue weighted by Gasteiger charge is 2.16. The summed E-state index contributed by atoms with van der Waals surface area (Å²) >= 11 is 5.28. The van der Waals surface area contributed by atoms with Crippen LogP contribution in [0.25, 0.3) is 22.2 Å². The monoisotopic (exact) mass is 385 g/mol. The maximum absolute atomic E-state index is 13.0. The van der Waals surface area contributed by atoms with Crippen LogP contribution in [-0.4, -0.2) is 16.0 Å². The summed E-state index contributed by atoms with van der Waals surface area (Å²) in [7, 11) is 0. The van der Waals surface area contributed by atoms with Gasteiger partial charge in [-0.1, -0.05) is 54.6 Å². The summed E-state index contributed by atoms with van der Waals surface area (Å²) < 4.78 is 0. The minimum atomic E-state index is -0.288. The lowest BCUT2D eigenvalue weighted by molar-refractivity contribution is -0.360. The summed E-state index contributed by atoms with van der Waals surface area (Å²) in [5, 5.41) is 6.70. The number of hydrogen-bond acceptors (Lipinski definition) is 3. The number of carbonyl (C=O) groups is 1. The van der Waals surface area contributed by atoms with Gasteiger partial charge in [0.25, 0.3) is 16.8 Å². The van der Waals surface area contributed by atoms with Crippen molar-refractivity contribution in [1.29, 1.82) is 0 Å². The van der Waals surface area contributed by atoms with E-state index in [1.165, 1.54) is 0 Å². The van der Waals surface area contributed by atoms with Crippen LogP contribution in [0.4, 0.5) is 5.82 Å². The molecule has 28 heavy (non-hydrogen) atoms. The number of benzene rings is 2. The van der Waals surface area contributed by atoms with Gasteiger partial charge in [0.2, 0.25) is 0 Å². The number of thiocarbonyl (C=S) groups is 1. The largest absolute Gasteiger partial charge is 0.279 e. The Bertz CT molecular complexity index is 1150. The maximum Gasteiger partial charge on any atom is 0.279 e. The van der Waals surface area contributed by atoms with Crippen LogP contribution in [0.1, 0.15) is 10.4 Å². The van der Waals surface area contributed by atoms with E-state index in [0.29, 0.717) is 11.4 Å². The number of aromatic amines is 1. The molecule has 2 heterocycles. The molecule has 0 fully saturated rings. The van der Waals surface area contributed by atoms with Crippen LogP contribution < -0.4 is 15.6 Å². The van der Waals surface area contributed by atoms with Crippen LogP contribution in [0, 0.1) is 0 Å². The van der Waals surface area contributed by atoms with Gasteiger partial charge in [-0.2, -0.15) is 0 Å². The molecule has 2 aromatic heterocycles. The minimum absolute atomic E-state index is 0.217. The van der Waals surface area contributed by atoms with Crippen molar-refractivity contribution in [2.75, 3.05) is 5.32 Å². The summed E-state index contributed by atoms with van der Waals surface area (Å²) in [6, 6.07) is 24.7. The molecule has 0 radical (unpaired) electrons. The molecule has 0 aliphatic carbocycles. The highest BCUT2D eigenvalue weighted by atomic mass is 32.1. The number of hydrogen-bond donors (Lipinski definition) is 2. The molecular weight excluding hydrogens is 368 g/mol. The average molecular weight is 385 g/mol. The van der Waals surface area contributed by atoms with Crippen LogP contribution >= 0.6 is 12.2 Å². The second-order valence-electron chi connectivity index (χ2n) is 6.12. The second kappa shape index (κ2) is 7.94. The van der Waals surface area contributed by atoms with Gasteiger partial charge in [-0.15, -0.1) is 0 Å². The first-order valence-electron chi connectivity index (χ1n) is 8.75. The number of carbonyl (C=O) groups excluding carboxylic acids is 1. The molecule has 0 spiro atoms. The molecule has 1 amide bonds. The molecule has 136 valence electrons. The van der Waals surface area contributed by atoms with E-state index in [-0.39, 0.29) is 11.0 Å². The van der Waals surface area contributed by atoms with Gasteiger partial charge >= 0.3 is 0 Å². The number of H-pyrrole nitrogens is 1. The van der Waals surface area contributed by atoms with E-state index in [2.05, 4.69) is 15.6 Å². The van der Waals surface area contributed by atoms with Gasteiger partial charge < -0.3 is 0 Å². The summed E-state index contributed by atoms with van der Waals surface area (Å²) in [4.78, 5) is 20.7. The van der Waals surface area contributed by atoms with Crippen LogP contribution in [0.2, 0.25) is 0 Å². The van der Waals surface area contributed by atoms with Crippen molar-refractivity contribution in [3.05, 3.63) is 90.6 Å². The highest BCUT2D eigenvalue weighted by molar-refractivity contribution is 7.80. The Morgan fingerprint density at radius 2 is 1.68 bits per heavy atom. The molecule has 4 rings (SSSR count). The second-order valence-corrected chi connectivity index (χ2v) is 6.53. The van der Waals surface area contributed by atoms with E-state index in [0.717, 1.165) is 22.2 Å². The third-order valence-electron chi connectivity index (χ3n) is 4.21. The Balaban J connectivity index is 1.67. The first-order chi connectivity index (χ1) is 13.7. The topological polar surface area (TPSA) is 68.2 Å². The first kappa shape index (κ1) is 17.8. The summed E-state index contributed by atoms with van der Waals surface area (Å²) in [6.07, 6.45) is 1.77. The Labute approximate surface area is 167 Å². The smallest absolute Gasteiger partial charge is 0.279 e. The molecule has 3 N–H and O–H groups in total. The van der Waals surface area contributed by atoms with Crippen molar-refractivity contribution in [1.82, 2.24) is 10.3 Å². The molecule has 6 heteroatoms. The van der Waals surface area contributed by atoms with Gasteiger partial charge in [0, 0.05) is 17.0 Å². The van der Waals surface area contributed by atoms with Gasteiger partial charge in [-0.3, -0.25) is 10.1 Å². The number of nitrogens with zero attached hydrogens (tertiary/aromatic N) is 1. The van der Waals surface area contributed by atoms with E-state index in [1.807, 2.05) is 72.8 Å². The van der Waals surface area contributed by atoms with Crippen LogP contribution in [0.5, 0.6) is 0 Å². The quantitative estimate of drug-likeness (QED) is 0.526. The zero-order chi connectivity index (χ0) is 19.3. The summed E-state index contributed by atoms with van der Waals surface area (Å²) in [5.74, 6) is 0.404. The molecule has 0 bridgehead atoms. The van der Waals surface area contributed by atoms with Gasteiger partial charge in [0.1, 0.15) is 0 Å². The molecule has 0 aliphatic heterocycles. The molecular formula is C22H17N4OS+. The Morgan fingerprint density at radius 3 is 2.46 bits per heavy atom. The standard InChI is InChI=1S/C22H16N4OS/c27-21(26-22(28)25-20-12-6-7-13-23-20)17-14-19(15-8-2-1-3-9-15)24-18-11-5-4-10-16(17)18/h1-14H,(H2,23,25,26,27,28)/p+1. The lowest BCUT2D eigenvalue weighted by atomic mass is 10.0. The lowest BCUT2D eigenvalue weighted by Crippen LogP contribution is -2.35. The average Bonchev–Trinajstić information content (AvgIpc) is 2.74.